The molecular formula is C15H19N5O2. The number of anilines is 3. The van der Waals surface area contributed by atoms with E-state index in [1.165, 1.54) is 0 Å². The van der Waals surface area contributed by atoms with Crippen LogP contribution in [0.4, 0.5) is 17.5 Å². The number of methoxy groups -OCH3 is 1. The van der Waals surface area contributed by atoms with Crippen LogP contribution in [0, 0.1) is 0 Å². The van der Waals surface area contributed by atoms with Gasteiger partial charge in [-0.1, -0.05) is 6.07 Å². The third-order valence-corrected chi connectivity index (χ3v) is 3.42. The molecule has 7 heteroatoms. The fourth-order valence-corrected chi connectivity index (χ4v) is 2.30. The Balaban J connectivity index is 1.62. The van der Waals surface area contributed by atoms with E-state index in [4.69, 9.17) is 9.47 Å². The van der Waals surface area contributed by atoms with Gasteiger partial charge in [-0.2, -0.15) is 10.1 Å². The molecule has 2 aromatic rings. The highest BCUT2D eigenvalue weighted by Gasteiger charge is 2.15. The molecule has 1 fully saturated rings. The Kier molecular flexibility index (Phi) is 4.65. The van der Waals surface area contributed by atoms with Crippen LogP contribution < -0.4 is 15.4 Å². The van der Waals surface area contributed by atoms with Crippen LogP contribution in [0.1, 0.15) is 12.8 Å². The fraction of sp³-hybridized carbons (Fsp3) is 0.400. The molecule has 0 aliphatic carbocycles. The van der Waals surface area contributed by atoms with Crippen molar-refractivity contribution >= 4 is 17.5 Å². The van der Waals surface area contributed by atoms with E-state index in [0.29, 0.717) is 11.8 Å². The maximum absolute atomic E-state index is 5.57. The second-order valence-corrected chi connectivity index (χ2v) is 5.04. The number of hydrogen-bond donors (Lipinski definition) is 2. The summed E-state index contributed by atoms with van der Waals surface area (Å²) in [6, 6.07) is 7.56. The van der Waals surface area contributed by atoms with Crippen LogP contribution in [0.2, 0.25) is 0 Å². The molecule has 1 aromatic heterocycles. The quantitative estimate of drug-likeness (QED) is 0.846. The zero-order valence-electron chi connectivity index (χ0n) is 12.5. The van der Waals surface area contributed by atoms with E-state index in [2.05, 4.69) is 25.8 Å². The lowest BCUT2D eigenvalue weighted by Crippen LogP contribution is -2.19. The molecule has 1 unspecified atom stereocenters. The topological polar surface area (TPSA) is 81.2 Å². The molecule has 2 heterocycles. The Labute approximate surface area is 129 Å². The maximum Gasteiger partial charge on any atom is 0.249 e. The second kappa shape index (κ2) is 7.04. The molecule has 0 bridgehead atoms. The summed E-state index contributed by atoms with van der Waals surface area (Å²) in [5, 5.41) is 14.3. The number of benzene rings is 1. The van der Waals surface area contributed by atoms with E-state index in [1.54, 1.807) is 13.3 Å². The normalized spacial score (nSPS) is 17.2. The predicted molar refractivity (Wildman–Crippen MR) is 83.6 cm³/mol. The lowest BCUT2D eigenvalue weighted by molar-refractivity contribution is 0.120. The zero-order chi connectivity index (χ0) is 15.2. The van der Waals surface area contributed by atoms with Crippen LogP contribution in [0.25, 0.3) is 0 Å². The minimum Gasteiger partial charge on any atom is -0.497 e. The van der Waals surface area contributed by atoms with E-state index in [0.717, 1.165) is 37.4 Å². The van der Waals surface area contributed by atoms with Gasteiger partial charge in [0.1, 0.15) is 5.75 Å². The summed E-state index contributed by atoms with van der Waals surface area (Å²) >= 11 is 0. The summed E-state index contributed by atoms with van der Waals surface area (Å²) in [5.74, 6) is 1.88. The Morgan fingerprint density at radius 2 is 2.36 bits per heavy atom. The molecule has 7 nitrogen and oxygen atoms in total. The first-order chi connectivity index (χ1) is 10.8. The van der Waals surface area contributed by atoms with E-state index in [1.807, 2.05) is 24.3 Å². The van der Waals surface area contributed by atoms with E-state index >= 15 is 0 Å². The van der Waals surface area contributed by atoms with Crippen LogP contribution in [0.3, 0.4) is 0 Å². The third-order valence-electron chi connectivity index (χ3n) is 3.42. The van der Waals surface area contributed by atoms with Crippen LogP contribution >= 0.6 is 0 Å². The van der Waals surface area contributed by atoms with Crippen LogP contribution in [0.15, 0.2) is 30.5 Å². The highest BCUT2D eigenvalue weighted by Crippen LogP contribution is 2.19. The van der Waals surface area contributed by atoms with Gasteiger partial charge in [0.05, 0.1) is 19.4 Å². The number of nitrogens with one attached hydrogen (secondary N) is 2. The Hall–Kier alpha value is -2.41. The van der Waals surface area contributed by atoms with Crippen molar-refractivity contribution < 1.29 is 9.47 Å². The predicted octanol–water partition coefficient (Wildman–Crippen LogP) is 2.21. The molecule has 1 aliphatic rings. The summed E-state index contributed by atoms with van der Waals surface area (Å²) in [6.07, 6.45) is 4.06. The SMILES string of the molecule is COc1cccc(Nc2nncc(NCC3CCCO3)n2)c1. The van der Waals surface area contributed by atoms with Crippen molar-refractivity contribution in [1.82, 2.24) is 15.2 Å². The molecule has 22 heavy (non-hydrogen) atoms. The summed E-state index contributed by atoms with van der Waals surface area (Å²) in [7, 11) is 1.63. The van der Waals surface area contributed by atoms with Crippen molar-refractivity contribution in [2.45, 2.75) is 18.9 Å². The molecule has 2 N–H and O–H groups in total. The van der Waals surface area contributed by atoms with Gasteiger partial charge >= 0.3 is 0 Å². The average molecular weight is 301 g/mol. The zero-order valence-corrected chi connectivity index (χ0v) is 12.5. The van der Waals surface area contributed by atoms with Crippen LogP contribution in [-0.2, 0) is 4.74 Å². The number of hydrogen-bond acceptors (Lipinski definition) is 7. The van der Waals surface area contributed by atoms with Gasteiger partial charge < -0.3 is 20.1 Å². The monoisotopic (exact) mass is 301 g/mol. The Bertz CT molecular complexity index is 616. The Morgan fingerprint density at radius 1 is 1.41 bits per heavy atom. The summed E-state index contributed by atoms with van der Waals surface area (Å²) < 4.78 is 10.8. The van der Waals surface area contributed by atoms with Gasteiger partial charge in [-0.3, -0.25) is 0 Å². The number of aromatic nitrogens is 3. The van der Waals surface area contributed by atoms with Gasteiger partial charge in [0, 0.05) is 24.9 Å². The minimum absolute atomic E-state index is 0.254. The summed E-state index contributed by atoms with van der Waals surface area (Å²) in [6.45, 7) is 1.58. The first-order valence-corrected chi connectivity index (χ1v) is 7.30. The average Bonchev–Trinajstić information content (AvgIpc) is 3.07. The highest BCUT2D eigenvalue weighted by atomic mass is 16.5. The summed E-state index contributed by atoms with van der Waals surface area (Å²) in [5.41, 5.74) is 0.845. The van der Waals surface area contributed by atoms with Gasteiger partial charge in [0.15, 0.2) is 5.82 Å². The molecule has 0 amide bonds. The smallest absolute Gasteiger partial charge is 0.249 e. The second-order valence-electron chi connectivity index (χ2n) is 5.04. The van der Waals surface area contributed by atoms with Crippen molar-refractivity contribution in [2.75, 3.05) is 30.9 Å². The number of rotatable bonds is 6. The van der Waals surface area contributed by atoms with E-state index in [-0.39, 0.29) is 6.10 Å². The van der Waals surface area contributed by atoms with Gasteiger partial charge in [-0.15, -0.1) is 5.10 Å². The van der Waals surface area contributed by atoms with Crippen molar-refractivity contribution in [1.29, 1.82) is 0 Å². The van der Waals surface area contributed by atoms with E-state index in [9.17, 15) is 0 Å². The van der Waals surface area contributed by atoms with Gasteiger partial charge in [-0.05, 0) is 25.0 Å². The molecule has 1 saturated heterocycles. The van der Waals surface area contributed by atoms with E-state index < -0.39 is 0 Å². The standard InChI is InChI=1S/C15H19N5O2/c1-21-12-5-2-4-11(8-12)18-15-19-14(10-17-20-15)16-9-13-6-3-7-22-13/h2,4-5,8,10,13H,3,6-7,9H2,1H3,(H2,16,18,19,20). The fourth-order valence-electron chi connectivity index (χ4n) is 2.30. The molecule has 1 atom stereocenters. The lowest BCUT2D eigenvalue weighted by atomic mass is 10.2. The van der Waals surface area contributed by atoms with Crippen molar-refractivity contribution in [3.8, 4) is 5.75 Å². The van der Waals surface area contributed by atoms with Crippen molar-refractivity contribution in [3.63, 3.8) is 0 Å². The Morgan fingerprint density at radius 3 is 3.18 bits per heavy atom. The first-order valence-electron chi connectivity index (χ1n) is 7.30. The molecule has 3 rings (SSSR count). The maximum atomic E-state index is 5.57. The van der Waals surface area contributed by atoms with Crippen molar-refractivity contribution in [2.24, 2.45) is 0 Å². The number of nitrogens with zero attached hydrogens (tertiary/aromatic N) is 3. The molecule has 116 valence electrons. The minimum atomic E-state index is 0.254. The largest absolute Gasteiger partial charge is 0.497 e. The highest BCUT2D eigenvalue weighted by molar-refractivity contribution is 5.56. The molecule has 0 saturated carbocycles. The molecule has 1 aliphatic heterocycles. The van der Waals surface area contributed by atoms with Crippen LogP contribution in [0.5, 0.6) is 5.75 Å². The lowest BCUT2D eigenvalue weighted by Gasteiger charge is -2.11. The molecule has 0 spiro atoms. The van der Waals surface area contributed by atoms with Crippen molar-refractivity contribution in [3.05, 3.63) is 30.5 Å². The number of ether oxygens (including phenoxy) is 2. The summed E-state index contributed by atoms with van der Waals surface area (Å²) in [4.78, 5) is 4.39. The van der Waals surface area contributed by atoms with Gasteiger partial charge in [0.25, 0.3) is 0 Å². The van der Waals surface area contributed by atoms with Gasteiger partial charge in [-0.25, -0.2) is 0 Å². The first kappa shape index (κ1) is 14.5. The van der Waals surface area contributed by atoms with Crippen LogP contribution in [-0.4, -0.2) is 41.5 Å². The molecule has 1 aromatic carbocycles. The molecular weight excluding hydrogens is 282 g/mol. The third kappa shape index (κ3) is 3.82. The van der Waals surface area contributed by atoms with Gasteiger partial charge in [0.2, 0.25) is 5.95 Å². The molecule has 0 radical (unpaired) electrons.